The van der Waals surface area contributed by atoms with E-state index < -0.39 is 29.6 Å². The minimum absolute atomic E-state index is 0.143. The molecule has 34 heavy (non-hydrogen) atoms. The summed E-state index contributed by atoms with van der Waals surface area (Å²) in [6, 6.07) is 5.97. The molecule has 9 nitrogen and oxygen atoms in total. The van der Waals surface area contributed by atoms with E-state index in [0.717, 1.165) is 15.8 Å². The summed E-state index contributed by atoms with van der Waals surface area (Å²) >= 11 is 0. The number of carbonyl (C=O) groups excluding carboxylic acids is 1. The van der Waals surface area contributed by atoms with E-state index >= 15 is 0 Å². The standard InChI is InChI=1S/C23H25F2N7O2/c1-4-16-9-17(28-12-18(16)26-3)11-29-20(33)13-32-15(2)10-30-21(22(32)34)31-14-23(24,25)19-7-5-6-8-27-19/h4-10,12,26H,1,11,13-14H2,2-3H3,(H,29,33)(H,30,31). The first kappa shape index (κ1) is 24.5. The number of aryl methyl sites for hydroxylation is 1. The maximum atomic E-state index is 14.4. The second kappa shape index (κ2) is 10.6. The number of carbonyl (C=O) groups is 1. The Kier molecular flexibility index (Phi) is 7.67. The molecule has 178 valence electrons. The number of nitrogens with one attached hydrogen (secondary N) is 3. The van der Waals surface area contributed by atoms with E-state index in [2.05, 4.69) is 37.5 Å². The minimum Gasteiger partial charge on any atom is -0.386 e. The summed E-state index contributed by atoms with van der Waals surface area (Å²) in [5.74, 6) is -4.04. The van der Waals surface area contributed by atoms with Crippen LogP contribution in [0.5, 0.6) is 0 Å². The highest BCUT2D eigenvalue weighted by Gasteiger charge is 2.33. The molecule has 0 aromatic carbocycles. The molecule has 0 fully saturated rings. The largest absolute Gasteiger partial charge is 0.386 e. The van der Waals surface area contributed by atoms with Crippen molar-refractivity contribution in [2.45, 2.75) is 25.9 Å². The second-order valence-corrected chi connectivity index (χ2v) is 7.41. The lowest BCUT2D eigenvalue weighted by molar-refractivity contribution is -0.121. The van der Waals surface area contributed by atoms with E-state index in [9.17, 15) is 18.4 Å². The number of amides is 1. The Morgan fingerprint density at radius 3 is 2.71 bits per heavy atom. The average Bonchev–Trinajstić information content (AvgIpc) is 2.85. The van der Waals surface area contributed by atoms with Crippen LogP contribution in [0.1, 0.15) is 22.6 Å². The van der Waals surface area contributed by atoms with Crippen LogP contribution in [0.4, 0.5) is 20.3 Å². The summed E-state index contributed by atoms with van der Waals surface area (Å²) in [5, 5.41) is 8.08. The van der Waals surface area contributed by atoms with Crippen LogP contribution in [0, 0.1) is 6.92 Å². The average molecular weight is 469 g/mol. The van der Waals surface area contributed by atoms with Gasteiger partial charge in [-0.2, -0.15) is 8.78 Å². The monoisotopic (exact) mass is 469 g/mol. The van der Waals surface area contributed by atoms with E-state index in [1.807, 2.05) is 0 Å². The third kappa shape index (κ3) is 5.80. The number of rotatable bonds is 10. The predicted molar refractivity (Wildman–Crippen MR) is 126 cm³/mol. The molecule has 0 radical (unpaired) electrons. The highest BCUT2D eigenvalue weighted by atomic mass is 19.3. The zero-order valence-corrected chi connectivity index (χ0v) is 18.8. The lowest BCUT2D eigenvalue weighted by atomic mass is 10.2. The number of anilines is 2. The third-order valence-corrected chi connectivity index (χ3v) is 5.02. The van der Waals surface area contributed by atoms with Crippen molar-refractivity contribution in [1.82, 2.24) is 24.8 Å². The van der Waals surface area contributed by atoms with Gasteiger partial charge in [-0.15, -0.1) is 0 Å². The maximum Gasteiger partial charge on any atom is 0.306 e. The molecule has 0 saturated carbocycles. The molecule has 0 aliphatic carbocycles. The minimum atomic E-state index is -3.32. The Morgan fingerprint density at radius 2 is 2.03 bits per heavy atom. The molecular weight excluding hydrogens is 444 g/mol. The Labute approximate surface area is 195 Å². The van der Waals surface area contributed by atoms with Crippen molar-refractivity contribution in [3.05, 3.63) is 82.4 Å². The summed E-state index contributed by atoms with van der Waals surface area (Å²) in [4.78, 5) is 37.1. The van der Waals surface area contributed by atoms with Gasteiger partial charge in [0, 0.05) is 30.7 Å². The number of alkyl halides is 2. The van der Waals surface area contributed by atoms with Gasteiger partial charge in [0.2, 0.25) is 5.91 Å². The lowest BCUT2D eigenvalue weighted by Crippen LogP contribution is -2.36. The van der Waals surface area contributed by atoms with Crippen LogP contribution in [0.25, 0.3) is 6.08 Å². The molecule has 0 spiro atoms. The van der Waals surface area contributed by atoms with E-state index in [-0.39, 0.29) is 18.9 Å². The zero-order chi connectivity index (χ0) is 24.7. The Hall–Kier alpha value is -4.15. The molecule has 0 atom stereocenters. The molecule has 3 aromatic rings. The Morgan fingerprint density at radius 1 is 1.24 bits per heavy atom. The van der Waals surface area contributed by atoms with E-state index in [1.165, 1.54) is 30.6 Å². The molecule has 1 amide bonds. The summed E-state index contributed by atoms with van der Waals surface area (Å²) in [6.45, 7) is 4.32. The summed E-state index contributed by atoms with van der Waals surface area (Å²) in [6.07, 6.45) is 5.91. The van der Waals surface area contributed by atoms with Crippen LogP contribution in [-0.4, -0.2) is 39.0 Å². The van der Waals surface area contributed by atoms with E-state index in [0.29, 0.717) is 11.4 Å². The highest BCUT2D eigenvalue weighted by molar-refractivity contribution is 5.76. The van der Waals surface area contributed by atoms with Crippen molar-refractivity contribution < 1.29 is 13.6 Å². The van der Waals surface area contributed by atoms with Crippen LogP contribution in [0.2, 0.25) is 0 Å². The number of aromatic nitrogens is 4. The van der Waals surface area contributed by atoms with E-state index in [1.54, 1.807) is 32.3 Å². The van der Waals surface area contributed by atoms with Gasteiger partial charge in [0.15, 0.2) is 5.82 Å². The number of pyridine rings is 2. The van der Waals surface area contributed by atoms with Crippen LogP contribution in [-0.2, 0) is 23.8 Å². The van der Waals surface area contributed by atoms with E-state index in [4.69, 9.17) is 0 Å². The molecule has 0 aliphatic heterocycles. The van der Waals surface area contributed by atoms with Gasteiger partial charge >= 0.3 is 5.92 Å². The summed E-state index contributed by atoms with van der Waals surface area (Å²) in [5.41, 5.74) is 1.55. The molecular formula is C23H25F2N7O2. The Bertz CT molecular complexity index is 1230. The van der Waals surface area contributed by atoms with Crippen molar-refractivity contribution in [1.29, 1.82) is 0 Å². The van der Waals surface area contributed by atoms with Gasteiger partial charge in [0.05, 0.1) is 30.7 Å². The van der Waals surface area contributed by atoms with Crippen LogP contribution < -0.4 is 21.5 Å². The van der Waals surface area contributed by atoms with Gasteiger partial charge < -0.3 is 16.0 Å². The zero-order valence-electron chi connectivity index (χ0n) is 18.8. The topological polar surface area (TPSA) is 114 Å². The van der Waals surface area contributed by atoms with Crippen LogP contribution in [0.3, 0.4) is 0 Å². The van der Waals surface area contributed by atoms with Gasteiger partial charge in [-0.05, 0) is 25.1 Å². The first-order valence-electron chi connectivity index (χ1n) is 10.4. The quantitative estimate of drug-likeness (QED) is 0.418. The normalized spacial score (nSPS) is 11.1. The molecule has 0 aliphatic rings. The number of hydrogen-bond donors (Lipinski definition) is 3. The maximum absolute atomic E-state index is 14.4. The summed E-state index contributed by atoms with van der Waals surface area (Å²) in [7, 11) is 1.77. The molecule has 0 bridgehead atoms. The van der Waals surface area contributed by atoms with Crippen molar-refractivity contribution in [3.8, 4) is 0 Å². The smallest absolute Gasteiger partial charge is 0.306 e. The molecule has 0 unspecified atom stereocenters. The fourth-order valence-electron chi connectivity index (χ4n) is 3.13. The van der Waals surface area contributed by atoms with Crippen molar-refractivity contribution >= 4 is 23.5 Å². The fraction of sp³-hybridized carbons (Fsp3) is 0.261. The lowest BCUT2D eigenvalue weighted by Gasteiger charge is -2.17. The first-order chi connectivity index (χ1) is 16.2. The molecule has 3 heterocycles. The third-order valence-electron chi connectivity index (χ3n) is 5.02. The number of hydrogen-bond acceptors (Lipinski definition) is 7. The van der Waals surface area contributed by atoms with Crippen molar-refractivity contribution in [3.63, 3.8) is 0 Å². The van der Waals surface area contributed by atoms with Crippen molar-refractivity contribution in [2.75, 3.05) is 24.2 Å². The van der Waals surface area contributed by atoms with Crippen LogP contribution in [0.15, 0.2) is 54.2 Å². The summed E-state index contributed by atoms with van der Waals surface area (Å²) < 4.78 is 29.9. The van der Waals surface area contributed by atoms with Crippen molar-refractivity contribution in [2.24, 2.45) is 0 Å². The van der Waals surface area contributed by atoms with Gasteiger partial charge in [0.25, 0.3) is 5.56 Å². The number of nitrogens with zero attached hydrogens (tertiary/aromatic N) is 4. The fourth-order valence-corrected chi connectivity index (χ4v) is 3.13. The molecule has 0 saturated heterocycles. The highest BCUT2D eigenvalue weighted by Crippen LogP contribution is 2.25. The van der Waals surface area contributed by atoms with Crippen LogP contribution >= 0.6 is 0 Å². The molecule has 11 heteroatoms. The molecule has 3 N–H and O–H groups in total. The predicted octanol–water partition coefficient (Wildman–Crippen LogP) is 2.55. The van der Waals surface area contributed by atoms with Gasteiger partial charge in [0.1, 0.15) is 12.2 Å². The van der Waals surface area contributed by atoms with Gasteiger partial charge in [-0.25, -0.2) is 4.98 Å². The molecule has 3 aromatic heterocycles. The Balaban J connectivity index is 1.67. The number of halogens is 2. The van der Waals surface area contributed by atoms with Gasteiger partial charge in [-0.3, -0.25) is 24.1 Å². The SMILES string of the molecule is C=Cc1cc(CNC(=O)Cn2c(C)cnc(NCC(F)(F)c3ccccn3)c2=O)ncc1NC. The molecule has 3 rings (SSSR count). The second-order valence-electron chi connectivity index (χ2n) is 7.41. The van der Waals surface area contributed by atoms with Gasteiger partial charge in [-0.1, -0.05) is 18.7 Å². The first-order valence-corrected chi connectivity index (χ1v) is 10.4.